The highest BCUT2D eigenvalue weighted by Crippen LogP contribution is 2.07. The smallest absolute Gasteiger partial charge is 0.315 e. The van der Waals surface area contributed by atoms with Crippen molar-refractivity contribution in [2.75, 3.05) is 18.2 Å². The molecule has 6 heteroatoms. The van der Waals surface area contributed by atoms with Crippen LogP contribution in [-0.2, 0) is 14.3 Å². The molecule has 1 heterocycles. The topological polar surface area (TPSA) is 75.3 Å². The minimum absolute atomic E-state index is 0.250. The summed E-state index contributed by atoms with van der Waals surface area (Å²) in [7, 11) is 0. The van der Waals surface area contributed by atoms with Crippen LogP contribution in [0.4, 0.5) is 0 Å². The Morgan fingerprint density at radius 1 is 1.48 bits per heavy atom. The van der Waals surface area contributed by atoms with E-state index in [1.807, 2.05) is 6.07 Å². The van der Waals surface area contributed by atoms with Gasteiger partial charge in [0.05, 0.1) is 12.2 Å². The summed E-state index contributed by atoms with van der Waals surface area (Å²) in [5, 5.41) is 10.3. The molecule has 0 aliphatic rings. The quantitative estimate of drug-likeness (QED) is 0.567. The molecule has 0 fully saturated rings. The standard InChI is InChI=1S/C15H21N3O3/c1-4-21-15(20)9-14(19)18(8-5-12(2)3)17-7-6-13(10-16)11-17/h6-7,11-12H,4-5,8-9H2,1-3H3. The van der Waals surface area contributed by atoms with Gasteiger partial charge in [0.25, 0.3) is 5.91 Å². The van der Waals surface area contributed by atoms with Crippen LogP contribution in [0.15, 0.2) is 18.5 Å². The molecule has 0 aliphatic heterocycles. The predicted molar refractivity (Wildman–Crippen MR) is 77.9 cm³/mol. The molecule has 0 aromatic carbocycles. The Morgan fingerprint density at radius 3 is 2.71 bits per heavy atom. The van der Waals surface area contributed by atoms with Gasteiger partial charge in [-0.15, -0.1) is 0 Å². The average molecular weight is 291 g/mol. The summed E-state index contributed by atoms with van der Waals surface area (Å²) in [5.74, 6) is -0.451. The lowest BCUT2D eigenvalue weighted by molar-refractivity contribution is -0.145. The molecule has 0 atom stereocenters. The van der Waals surface area contributed by atoms with Crippen LogP contribution in [0.1, 0.15) is 39.2 Å². The predicted octanol–water partition coefficient (Wildman–Crippen LogP) is 1.82. The van der Waals surface area contributed by atoms with Crippen molar-refractivity contribution >= 4 is 11.9 Å². The van der Waals surface area contributed by atoms with Crippen molar-refractivity contribution in [1.29, 1.82) is 5.26 Å². The first-order valence-electron chi connectivity index (χ1n) is 7.02. The van der Waals surface area contributed by atoms with Gasteiger partial charge in [0.2, 0.25) is 0 Å². The Morgan fingerprint density at radius 2 is 2.19 bits per heavy atom. The highest BCUT2D eigenvalue weighted by molar-refractivity contribution is 5.99. The van der Waals surface area contributed by atoms with Gasteiger partial charge in [-0.3, -0.25) is 14.3 Å². The molecule has 21 heavy (non-hydrogen) atoms. The monoisotopic (exact) mass is 291 g/mol. The zero-order valence-electron chi connectivity index (χ0n) is 12.7. The van der Waals surface area contributed by atoms with E-state index in [9.17, 15) is 9.59 Å². The molecular formula is C15H21N3O3. The maximum atomic E-state index is 12.3. The number of hydrogen-bond acceptors (Lipinski definition) is 4. The Kier molecular flexibility index (Phi) is 6.47. The van der Waals surface area contributed by atoms with Crippen LogP contribution in [0.3, 0.4) is 0 Å². The Hall–Kier alpha value is -2.29. The van der Waals surface area contributed by atoms with E-state index in [0.29, 0.717) is 18.0 Å². The zero-order chi connectivity index (χ0) is 15.8. The summed E-state index contributed by atoms with van der Waals surface area (Å²) in [4.78, 5) is 23.7. The van der Waals surface area contributed by atoms with Gasteiger partial charge in [-0.1, -0.05) is 13.8 Å². The van der Waals surface area contributed by atoms with E-state index in [0.717, 1.165) is 6.42 Å². The largest absolute Gasteiger partial charge is 0.466 e. The second-order valence-electron chi connectivity index (χ2n) is 5.07. The second kappa shape index (κ2) is 8.10. The number of carbonyl (C=O) groups is 2. The molecule has 1 aromatic rings. The number of carbonyl (C=O) groups excluding carboxylic acids is 2. The van der Waals surface area contributed by atoms with Crippen molar-refractivity contribution in [1.82, 2.24) is 4.68 Å². The highest BCUT2D eigenvalue weighted by atomic mass is 16.5. The molecule has 0 saturated heterocycles. The first-order valence-corrected chi connectivity index (χ1v) is 7.02. The van der Waals surface area contributed by atoms with Gasteiger partial charge in [0, 0.05) is 18.9 Å². The van der Waals surface area contributed by atoms with Crippen LogP contribution in [0.25, 0.3) is 0 Å². The fraction of sp³-hybridized carbons (Fsp3) is 0.533. The summed E-state index contributed by atoms with van der Waals surface area (Å²) in [6, 6.07) is 3.64. The van der Waals surface area contributed by atoms with Crippen molar-refractivity contribution in [3.63, 3.8) is 0 Å². The van der Waals surface area contributed by atoms with E-state index in [1.165, 1.54) is 5.01 Å². The van der Waals surface area contributed by atoms with Gasteiger partial charge in [-0.25, -0.2) is 5.01 Å². The average Bonchev–Trinajstić information content (AvgIpc) is 2.87. The highest BCUT2D eigenvalue weighted by Gasteiger charge is 2.20. The molecular weight excluding hydrogens is 270 g/mol. The molecule has 0 spiro atoms. The molecule has 1 rings (SSSR count). The third-order valence-corrected chi connectivity index (χ3v) is 2.89. The molecule has 0 N–H and O–H groups in total. The Balaban J connectivity index is 2.83. The molecule has 0 saturated carbocycles. The van der Waals surface area contributed by atoms with E-state index in [4.69, 9.17) is 10.00 Å². The van der Waals surface area contributed by atoms with E-state index in [2.05, 4.69) is 13.8 Å². The van der Waals surface area contributed by atoms with Gasteiger partial charge in [0.1, 0.15) is 12.5 Å². The third-order valence-electron chi connectivity index (χ3n) is 2.89. The zero-order valence-corrected chi connectivity index (χ0v) is 12.7. The van der Waals surface area contributed by atoms with Gasteiger partial charge in [-0.2, -0.15) is 5.26 Å². The number of hydrogen-bond donors (Lipinski definition) is 0. The summed E-state index contributed by atoms with van der Waals surface area (Å²) in [6.45, 7) is 6.55. The van der Waals surface area contributed by atoms with E-state index in [-0.39, 0.29) is 18.9 Å². The van der Waals surface area contributed by atoms with Crippen LogP contribution >= 0.6 is 0 Å². The molecule has 0 radical (unpaired) electrons. The van der Waals surface area contributed by atoms with Gasteiger partial charge in [-0.05, 0) is 25.3 Å². The number of esters is 1. The van der Waals surface area contributed by atoms with Crippen molar-refractivity contribution in [2.45, 2.75) is 33.6 Å². The summed E-state index contributed by atoms with van der Waals surface area (Å²) in [5.41, 5.74) is 0.466. The van der Waals surface area contributed by atoms with Gasteiger partial charge in [0.15, 0.2) is 0 Å². The number of nitriles is 1. The van der Waals surface area contributed by atoms with Crippen LogP contribution in [-0.4, -0.2) is 29.7 Å². The molecule has 0 aliphatic carbocycles. The lowest BCUT2D eigenvalue weighted by Gasteiger charge is -2.24. The van der Waals surface area contributed by atoms with Crippen molar-refractivity contribution in [2.24, 2.45) is 5.92 Å². The third kappa shape index (κ3) is 5.30. The molecule has 1 amide bonds. The van der Waals surface area contributed by atoms with Crippen LogP contribution in [0.5, 0.6) is 0 Å². The number of ether oxygens (including phenoxy) is 1. The lowest BCUT2D eigenvalue weighted by atomic mass is 10.1. The first kappa shape index (κ1) is 16.8. The molecule has 6 nitrogen and oxygen atoms in total. The molecule has 0 unspecified atom stereocenters. The van der Waals surface area contributed by atoms with Crippen LogP contribution < -0.4 is 5.01 Å². The summed E-state index contributed by atoms with van der Waals surface area (Å²) >= 11 is 0. The Labute approximate surface area is 124 Å². The normalized spacial score (nSPS) is 10.2. The lowest BCUT2D eigenvalue weighted by Crippen LogP contribution is -2.42. The van der Waals surface area contributed by atoms with Crippen molar-refractivity contribution in [3.05, 3.63) is 24.0 Å². The summed E-state index contributed by atoms with van der Waals surface area (Å²) < 4.78 is 6.36. The Bertz CT molecular complexity index is 529. The maximum absolute atomic E-state index is 12.3. The van der Waals surface area contributed by atoms with E-state index in [1.54, 1.807) is 30.1 Å². The fourth-order valence-electron chi connectivity index (χ4n) is 1.78. The van der Waals surface area contributed by atoms with Crippen molar-refractivity contribution in [3.8, 4) is 6.07 Å². The number of nitrogens with zero attached hydrogens (tertiary/aromatic N) is 3. The first-order chi connectivity index (χ1) is 9.97. The minimum Gasteiger partial charge on any atom is -0.466 e. The van der Waals surface area contributed by atoms with Gasteiger partial charge >= 0.3 is 5.97 Å². The SMILES string of the molecule is CCOC(=O)CC(=O)N(CCC(C)C)n1ccc(C#N)c1. The van der Waals surface area contributed by atoms with Crippen LogP contribution in [0, 0.1) is 17.2 Å². The maximum Gasteiger partial charge on any atom is 0.315 e. The number of amides is 1. The molecule has 114 valence electrons. The molecule has 1 aromatic heterocycles. The fourth-order valence-corrected chi connectivity index (χ4v) is 1.78. The molecule has 0 bridgehead atoms. The van der Waals surface area contributed by atoms with Crippen molar-refractivity contribution < 1.29 is 14.3 Å². The number of rotatable bonds is 7. The minimum atomic E-state index is -0.537. The second-order valence-corrected chi connectivity index (χ2v) is 5.07. The van der Waals surface area contributed by atoms with Crippen LogP contribution in [0.2, 0.25) is 0 Å². The summed E-state index contributed by atoms with van der Waals surface area (Å²) in [6.07, 6.45) is 3.71. The van der Waals surface area contributed by atoms with Gasteiger partial charge < -0.3 is 4.74 Å². The van der Waals surface area contributed by atoms with E-state index >= 15 is 0 Å². The van der Waals surface area contributed by atoms with E-state index < -0.39 is 5.97 Å². The number of aromatic nitrogens is 1.